The minimum absolute atomic E-state index is 0.190. The summed E-state index contributed by atoms with van der Waals surface area (Å²) in [7, 11) is 0. The molecule has 4 N–H and O–H groups in total. The van der Waals surface area contributed by atoms with E-state index in [-0.39, 0.29) is 12.0 Å². The molecule has 0 aromatic rings. The van der Waals surface area contributed by atoms with Crippen LogP contribution in [0.15, 0.2) is 0 Å². The van der Waals surface area contributed by atoms with Crippen molar-refractivity contribution >= 4 is 6.09 Å². The Kier molecular flexibility index (Phi) is 5.46. The van der Waals surface area contributed by atoms with E-state index in [1.807, 2.05) is 6.92 Å². The van der Waals surface area contributed by atoms with Gasteiger partial charge in [0.1, 0.15) is 6.10 Å². The second kappa shape index (κ2) is 5.80. The molecule has 1 amide bonds. The Morgan fingerprint density at radius 1 is 1.38 bits per heavy atom. The molecule has 13 heavy (non-hydrogen) atoms. The zero-order chi connectivity index (χ0) is 10.4. The number of primary amides is 1. The van der Waals surface area contributed by atoms with Crippen molar-refractivity contribution in [3.05, 3.63) is 0 Å². The first-order valence-electron chi connectivity index (χ1n) is 4.63. The Labute approximate surface area is 79.6 Å². The average Bonchev–Trinajstić information content (AvgIpc) is 1.98. The van der Waals surface area contributed by atoms with Crippen LogP contribution in [-0.4, -0.2) is 18.7 Å². The lowest BCUT2D eigenvalue weighted by molar-refractivity contribution is 0.0750. The maximum atomic E-state index is 10.5. The van der Waals surface area contributed by atoms with Crippen molar-refractivity contribution in [3.63, 3.8) is 0 Å². The molecule has 0 aliphatic heterocycles. The highest BCUT2D eigenvalue weighted by atomic mass is 16.6. The molecule has 0 aromatic heterocycles. The fourth-order valence-corrected chi connectivity index (χ4v) is 1.36. The molecule has 0 spiro atoms. The van der Waals surface area contributed by atoms with Gasteiger partial charge >= 0.3 is 6.09 Å². The van der Waals surface area contributed by atoms with Crippen molar-refractivity contribution in [2.75, 3.05) is 6.54 Å². The largest absolute Gasteiger partial charge is 0.446 e. The average molecular weight is 188 g/mol. The number of amides is 1. The normalized spacial score (nSPS) is 15.5. The van der Waals surface area contributed by atoms with Crippen molar-refractivity contribution in [1.82, 2.24) is 0 Å². The van der Waals surface area contributed by atoms with E-state index in [0.717, 1.165) is 6.42 Å². The first kappa shape index (κ1) is 12.2. The molecule has 0 rings (SSSR count). The summed E-state index contributed by atoms with van der Waals surface area (Å²) in [5.74, 6) is 0.750. The van der Waals surface area contributed by atoms with Gasteiger partial charge in [-0.2, -0.15) is 0 Å². The van der Waals surface area contributed by atoms with Crippen molar-refractivity contribution < 1.29 is 9.53 Å². The summed E-state index contributed by atoms with van der Waals surface area (Å²) in [6.07, 6.45) is 0.0323. The van der Waals surface area contributed by atoms with E-state index in [1.165, 1.54) is 0 Å². The number of carbonyl (C=O) groups is 1. The molecule has 0 heterocycles. The Hall–Kier alpha value is -0.770. The number of carbonyl (C=O) groups excluding carboxylic acids is 1. The third-order valence-corrected chi connectivity index (χ3v) is 2.04. The number of rotatable bonds is 5. The summed E-state index contributed by atoms with van der Waals surface area (Å²) in [6.45, 7) is 6.57. The highest BCUT2D eigenvalue weighted by molar-refractivity contribution is 5.64. The molecule has 0 unspecified atom stereocenters. The predicted molar refractivity (Wildman–Crippen MR) is 52.1 cm³/mol. The van der Waals surface area contributed by atoms with Crippen LogP contribution in [0.5, 0.6) is 0 Å². The van der Waals surface area contributed by atoms with Crippen molar-refractivity contribution in [2.45, 2.75) is 33.3 Å². The lowest BCUT2D eigenvalue weighted by Crippen LogP contribution is -2.32. The second-order valence-corrected chi connectivity index (χ2v) is 3.77. The van der Waals surface area contributed by atoms with E-state index >= 15 is 0 Å². The molecular weight excluding hydrogens is 168 g/mol. The lowest BCUT2D eigenvalue weighted by atomic mass is 9.93. The summed E-state index contributed by atoms with van der Waals surface area (Å²) in [5.41, 5.74) is 10.5. The fraction of sp³-hybridized carbons (Fsp3) is 0.889. The smallest absolute Gasteiger partial charge is 0.404 e. The molecule has 0 bridgehead atoms. The Morgan fingerprint density at radius 3 is 2.23 bits per heavy atom. The Balaban J connectivity index is 3.98. The van der Waals surface area contributed by atoms with Gasteiger partial charge in [-0.3, -0.25) is 0 Å². The van der Waals surface area contributed by atoms with Crippen molar-refractivity contribution in [2.24, 2.45) is 23.3 Å². The van der Waals surface area contributed by atoms with Crippen LogP contribution in [-0.2, 0) is 4.74 Å². The maximum absolute atomic E-state index is 10.5. The van der Waals surface area contributed by atoms with Gasteiger partial charge in [0.2, 0.25) is 0 Å². The van der Waals surface area contributed by atoms with Gasteiger partial charge in [-0.15, -0.1) is 0 Å². The van der Waals surface area contributed by atoms with Gasteiger partial charge in [-0.1, -0.05) is 13.8 Å². The third kappa shape index (κ3) is 5.47. The molecule has 4 heteroatoms. The Bertz CT molecular complexity index is 160. The van der Waals surface area contributed by atoms with Gasteiger partial charge in [-0.05, 0) is 25.8 Å². The number of hydrogen-bond donors (Lipinski definition) is 2. The van der Waals surface area contributed by atoms with Gasteiger partial charge in [0.15, 0.2) is 0 Å². The highest BCUT2D eigenvalue weighted by Crippen LogP contribution is 2.16. The number of ether oxygens (including phenoxy) is 1. The summed E-state index contributed by atoms with van der Waals surface area (Å²) in [4.78, 5) is 10.5. The van der Waals surface area contributed by atoms with E-state index in [0.29, 0.717) is 12.5 Å². The second-order valence-electron chi connectivity index (χ2n) is 3.77. The van der Waals surface area contributed by atoms with E-state index < -0.39 is 6.09 Å². The van der Waals surface area contributed by atoms with Crippen LogP contribution in [0.2, 0.25) is 0 Å². The zero-order valence-electron chi connectivity index (χ0n) is 8.62. The van der Waals surface area contributed by atoms with Crippen molar-refractivity contribution in [3.8, 4) is 0 Å². The zero-order valence-corrected chi connectivity index (χ0v) is 8.62. The quantitative estimate of drug-likeness (QED) is 0.678. The minimum Gasteiger partial charge on any atom is -0.446 e. The van der Waals surface area contributed by atoms with E-state index in [2.05, 4.69) is 13.8 Å². The summed E-state index contributed by atoms with van der Waals surface area (Å²) < 4.78 is 4.86. The first-order valence-corrected chi connectivity index (χ1v) is 4.63. The molecule has 0 saturated heterocycles. The summed E-state index contributed by atoms with van der Waals surface area (Å²) >= 11 is 0. The van der Waals surface area contributed by atoms with E-state index in [9.17, 15) is 4.79 Å². The molecule has 0 aromatic carbocycles. The first-order chi connectivity index (χ1) is 5.97. The van der Waals surface area contributed by atoms with E-state index in [1.54, 1.807) is 0 Å². The van der Waals surface area contributed by atoms with Crippen molar-refractivity contribution in [1.29, 1.82) is 0 Å². The number of nitrogens with two attached hydrogens (primary N) is 2. The van der Waals surface area contributed by atoms with Gasteiger partial charge in [0.25, 0.3) is 0 Å². The molecular formula is C9H20N2O2. The summed E-state index contributed by atoms with van der Waals surface area (Å²) in [6, 6.07) is 0. The van der Waals surface area contributed by atoms with Crippen LogP contribution in [0.3, 0.4) is 0 Å². The lowest BCUT2D eigenvalue weighted by Gasteiger charge is -2.23. The standard InChI is InChI=1S/C9H20N2O2/c1-6(2)4-8(5-10)7(3)13-9(11)12/h6-8H,4-5,10H2,1-3H3,(H2,11,12)/t7-,8+/m1/s1. The predicted octanol–water partition coefficient (Wildman–Crippen LogP) is 1.09. The van der Waals surface area contributed by atoms with Gasteiger partial charge in [-0.25, -0.2) is 4.79 Å². The molecule has 0 aliphatic carbocycles. The topological polar surface area (TPSA) is 78.3 Å². The molecule has 0 saturated carbocycles. The molecule has 0 radical (unpaired) electrons. The van der Waals surface area contributed by atoms with Crippen LogP contribution < -0.4 is 11.5 Å². The van der Waals surface area contributed by atoms with Crippen LogP contribution in [0.1, 0.15) is 27.2 Å². The van der Waals surface area contributed by atoms with Crippen LogP contribution in [0.4, 0.5) is 4.79 Å². The highest BCUT2D eigenvalue weighted by Gasteiger charge is 2.19. The SMILES string of the molecule is CC(C)C[C@@H](CN)[C@@H](C)OC(N)=O. The van der Waals surface area contributed by atoms with Crippen LogP contribution >= 0.6 is 0 Å². The van der Waals surface area contributed by atoms with E-state index in [4.69, 9.17) is 16.2 Å². The molecule has 4 nitrogen and oxygen atoms in total. The fourth-order valence-electron chi connectivity index (χ4n) is 1.36. The molecule has 0 aliphatic rings. The van der Waals surface area contributed by atoms with Gasteiger partial charge < -0.3 is 16.2 Å². The molecule has 78 valence electrons. The maximum Gasteiger partial charge on any atom is 0.404 e. The number of hydrogen-bond acceptors (Lipinski definition) is 3. The van der Waals surface area contributed by atoms with Gasteiger partial charge in [0, 0.05) is 5.92 Å². The molecule has 2 atom stereocenters. The van der Waals surface area contributed by atoms with Crippen LogP contribution in [0.25, 0.3) is 0 Å². The summed E-state index contributed by atoms with van der Waals surface area (Å²) in [5, 5.41) is 0. The molecule has 0 fully saturated rings. The van der Waals surface area contributed by atoms with Crippen LogP contribution in [0, 0.1) is 11.8 Å². The minimum atomic E-state index is -0.727. The van der Waals surface area contributed by atoms with Gasteiger partial charge in [0.05, 0.1) is 0 Å². The monoisotopic (exact) mass is 188 g/mol. The third-order valence-electron chi connectivity index (χ3n) is 2.04. The Morgan fingerprint density at radius 2 is 1.92 bits per heavy atom.